The van der Waals surface area contributed by atoms with E-state index in [9.17, 15) is 18.5 Å². The summed E-state index contributed by atoms with van der Waals surface area (Å²) in [7, 11) is 3.49. The number of hydrogen-bond donors (Lipinski definition) is 0. The van der Waals surface area contributed by atoms with E-state index in [1.165, 1.54) is 41.4 Å². The van der Waals surface area contributed by atoms with Gasteiger partial charge in [0.05, 0.1) is 22.4 Å². The van der Waals surface area contributed by atoms with Crippen LogP contribution in [0.25, 0.3) is 10.9 Å². The lowest BCUT2D eigenvalue weighted by atomic mass is 10.1. The number of methoxy groups -OCH3 is 1. The van der Waals surface area contributed by atoms with Crippen molar-refractivity contribution in [2.45, 2.75) is 11.4 Å². The summed E-state index contributed by atoms with van der Waals surface area (Å²) in [6.07, 6.45) is 1.56. The highest BCUT2D eigenvalue weighted by molar-refractivity contribution is 7.90. The molecular weight excluding hydrogens is 456 g/mol. The Morgan fingerprint density at radius 2 is 1.72 bits per heavy atom. The largest absolute Gasteiger partial charge is 0.497 e. The second-order valence-electron chi connectivity index (χ2n) is 7.63. The number of likely N-dealkylation sites (N-methyl/N-ethyl adjacent to an activating group) is 2. The topological polar surface area (TPSA) is 97.9 Å². The van der Waals surface area contributed by atoms with Gasteiger partial charge in [-0.25, -0.2) is 12.4 Å². The molecule has 0 bridgehead atoms. The number of hydrogen-bond acceptors (Lipinski definition) is 7. The van der Waals surface area contributed by atoms with Crippen molar-refractivity contribution in [3.63, 3.8) is 0 Å². The van der Waals surface area contributed by atoms with Crippen LogP contribution >= 0.6 is 12.4 Å². The van der Waals surface area contributed by atoms with Gasteiger partial charge in [-0.05, 0) is 57.0 Å². The minimum atomic E-state index is -3.90. The van der Waals surface area contributed by atoms with Crippen LogP contribution in [-0.2, 0) is 16.6 Å². The number of aromatic nitrogens is 1. The van der Waals surface area contributed by atoms with Crippen molar-refractivity contribution in [2.75, 3.05) is 41.3 Å². The average molecular weight is 483 g/mol. The Balaban J connectivity index is 0.00000363. The van der Waals surface area contributed by atoms with Gasteiger partial charge < -0.3 is 14.5 Å². The molecule has 0 aliphatic heterocycles. The maximum Gasteiger partial charge on any atom is 0.270 e. The SMILES string of the molecule is COc1ccc(S(=O)(=O)n2cc(CN(C)CCN(C)C)c3cc([N+](=O)[O-])ccc32)cc1.Cl. The average Bonchev–Trinajstić information content (AvgIpc) is 3.10. The molecule has 0 saturated carbocycles. The van der Waals surface area contributed by atoms with Crippen LogP contribution in [0.1, 0.15) is 5.56 Å². The summed E-state index contributed by atoms with van der Waals surface area (Å²) in [5.74, 6) is 0.551. The standard InChI is InChI=1S/C21H26N4O5S.ClH/c1-22(2)11-12-23(3)14-16-15-24(21-10-5-17(25(26)27)13-20(16)21)31(28,29)19-8-6-18(30-4)7-9-19;/h5-10,13,15H,11-12,14H2,1-4H3;1H. The van der Waals surface area contributed by atoms with Crippen LogP contribution < -0.4 is 4.74 Å². The predicted octanol–water partition coefficient (Wildman–Crippen LogP) is 3.21. The third kappa shape index (κ3) is 5.39. The van der Waals surface area contributed by atoms with E-state index in [-0.39, 0.29) is 23.0 Å². The summed E-state index contributed by atoms with van der Waals surface area (Å²) in [4.78, 5) is 15.0. The number of fused-ring (bicyclic) bond motifs is 1. The lowest BCUT2D eigenvalue weighted by Gasteiger charge is -2.18. The maximum absolute atomic E-state index is 13.3. The van der Waals surface area contributed by atoms with E-state index in [1.54, 1.807) is 18.3 Å². The Bertz CT molecular complexity index is 1190. The van der Waals surface area contributed by atoms with Gasteiger partial charge in [-0.2, -0.15) is 0 Å². The van der Waals surface area contributed by atoms with Crippen molar-refractivity contribution in [1.82, 2.24) is 13.8 Å². The third-order valence-electron chi connectivity index (χ3n) is 5.03. The highest BCUT2D eigenvalue weighted by Gasteiger charge is 2.23. The Labute approximate surface area is 193 Å². The quantitative estimate of drug-likeness (QED) is 0.341. The molecule has 0 N–H and O–H groups in total. The molecule has 3 rings (SSSR count). The number of halogens is 1. The molecule has 0 atom stereocenters. The molecule has 0 aliphatic rings. The van der Waals surface area contributed by atoms with Gasteiger partial charge in [0, 0.05) is 43.4 Å². The fourth-order valence-corrected chi connectivity index (χ4v) is 4.69. The van der Waals surface area contributed by atoms with Crippen LogP contribution in [-0.4, -0.2) is 68.5 Å². The molecule has 9 nitrogen and oxygen atoms in total. The second kappa shape index (κ2) is 10.3. The van der Waals surface area contributed by atoms with Crippen molar-refractivity contribution >= 4 is 39.0 Å². The zero-order valence-electron chi connectivity index (χ0n) is 18.4. The van der Waals surface area contributed by atoms with E-state index in [4.69, 9.17) is 4.74 Å². The Morgan fingerprint density at radius 1 is 1.06 bits per heavy atom. The van der Waals surface area contributed by atoms with Gasteiger partial charge in [0.1, 0.15) is 5.75 Å². The number of nitro groups is 1. The Hall–Kier alpha value is -2.66. The number of benzene rings is 2. The van der Waals surface area contributed by atoms with E-state index in [1.807, 2.05) is 21.1 Å². The zero-order chi connectivity index (χ0) is 22.8. The normalized spacial score (nSPS) is 11.7. The monoisotopic (exact) mass is 482 g/mol. The van der Waals surface area contributed by atoms with Gasteiger partial charge in [-0.15, -0.1) is 12.4 Å². The van der Waals surface area contributed by atoms with Gasteiger partial charge in [0.2, 0.25) is 0 Å². The number of non-ortho nitro benzene ring substituents is 1. The molecule has 174 valence electrons. The van der Waals surface area contributed by atoms with E-state index < -0.39 is 14.9 Å². The first-order valence-corrected chi connectivity index (χ1v) is 11.1. The fourth-order valence-electron chi connectivity index (χ4n) is 3.29. The minimum absolute atomic E-state index is 0. The molecule has 3 aromatic rings. The van der Waals surface area contributed by atoms with Gasteiger partial charge in [0.15, 0.2) is 0 Å². The first-order chi connectivity index (χ1) is 14.6. The van der Waals surface area contributed by atoms with Gasteiger partial charge in [-0.1, -0.05) is 0 Å². The zero-order valence-corrected chi connectivity index (χ0v) is 20.0. The molecule has 0 aliphatic carbocycles. The van der Waals surface area contributed by atoms with E-state index in [0.29, 0.717) is 28.8 Å². The molecule has 2 aromatic carbocycles. The van der Waals surface area contributed by atoms with Crippen LogP contribution in [0.5, 0.6) is 5.75 Å². The summed E-state index contributed by atoms with van der Waals surface area (Å²) >= 11 is 0. The molecule has 1 aromatic heterocycles. The van der Waals surface area contributed by atoms with Crippen LogP contribution in [0.2, 0.25) is 0 Å². The van der Waals surface area contributed by atoms with Crippen molar-refractivity contribution in [2.24, 2.45) is 0 Å². The number of ether oxygens (including phenoxy) is 1. The van der Waals surface area contributed by atoms with E-state index in [2.05, 4.69) is 9.80 Å². The fraction of sp³-hybridized carbons (Fsp3) is 0.333. The molecule has 32 heavy (non-hydrogen) atoms. The molecule has 0 fully saturated rings. The highest BCUT2D eigenvalue weighted by atomic mass is 35.5. The van der Waals surface area contributed by atoms with Crippen LogP contribution in [0.4, 0.5) is 5.69 Å². The minimum Gasteiger partial charge on any atom is -0.497 e. The molecule has 0 amide bonds. The lowest BCUT2D eigenvalue weighted by Crippen LogP contribution is -2.28. The molecule has 1 heterocycles. The van der Waals surface area contributed by atoms with Gasteiger partial charge >= 0.3 is 0 Å². The summed E-state index contributed by atoms with van der Waals surface area (Å²) in [5.41, 5.74) is 1.03. The number of rotatable bonds is 9. The van der Waals surface area contributed by atoms with Gasteiger partial charge in [0.25, 0.3) is 15.7 Å². The maximum atomic E-state index is 13.3. The van der Waals surface area contributed by atoms with Gasteiger partial charge in [-0.3, -0.25) is 10.1 Å². The van der Waals surface area contributed by atoms with Crippen molar-refractivity contribution < 1.29 is 18.1 Å². The number of nitro benzene ring substituents is 1. The van der Waals surface area contributed by atoms with Crippen LogP contribution in [0.15, 0.2) is 53.6 Å². The molecule has 0 spiro atoms. The Kier molecular flexibility index (Phi) is 8.24. The van der Waals surface area contributed by atoms with Crippen molar-refractivity contribution in [3.8, 4) is 5.75 Å². The first-order valence-electron chi connectivity index (χ1n) is 9.64. The summed E-state index contributed by atoms with van der Waals surface area (Å²) in [5, 5.41) is 11.8. The van der Waals surface area contributed by atoms with E-state index in [0.717, 1.165) is 13.1 Å². The third-order valence-corrected chi connectivity index (χ3v) is 6.72. The summed E-state index contributed by atoms with van der Waals surface area (Å²) < 4.78 is 33.0. The first kappa shape index (κ1) is 25.6. The second-order valence-corrected chi connectivity index (χ2v) is 9.45. The van der Waals surface area contributed by atoms with Crippen LogP contribution in [0.3, 0.4) is 0 Å². The Morgan fingerprint density at radius 3 is 2.28 bits per heavy atom. The highest BCUT2D eigenvalue weighted by Crippen LogP contribution is 2.30. The molecular formula is C21H27ClN4O5S. The van der Waals surface area contributed by atoms with Crippen molar-refractivity contribution in [1.29, 1.82) is 0 Å². The number of nitrogens with zero attached hydrogens (tertiary/aromatic N) is 4. The molecule has 0 radical (unpaired) electrons. The van der Waals surface area contributed by atoms with Crippen molar-refractivity contribution in [3.05, 3.63) is 64.3 Å². The summed E-state index contributed by atoms with van der Waals surface area (Å²) in [6.45, 7) is 2.05. The summed E-state index contributed by atoms with van der Waals surface area (Å²) in [6, 6.07) is 10.4. The molecule has 0 unspecified atom stereocenters. The molecule has 0 saturated heterocycles. The van der Waals surface area contributed by atoms with Crippen LogP contribution in [0, 0.1) is 10.1 Å². The lowest BCUT2D eigenvalue weighted by molar-refractivity contribution is -0.384. The smallest absolute Gasteiger partial charge is 0.270 e. The van der Waals surface area contributed by atoms with E-state index >= 15 is 0 Å². The predicted molar refractivity (Wildman–Crippen MR) is 126 cm³/mol. The molecule has 11 heteroatoms.